The summed E-state index contributed by atoms with van der Waals surface area (Å²) in [7, 11) is 0. The van der Waals surface area contributed by atoms with Crippen molar-refractivity contribution in [2.45, 2.75) is 116 Å². The molecule has 1 aromatic rings. The normalized spacial score (nSPS) is 21.0. The van der Waals surface area contributed by atoms with Gasteiger partial charge in [0.05, 0.1) is 6.61 Å². The van der Waals surface area contributed by atoms with E-state index in [1.165, 1.54) is 24.3 Å². The van der Waals surface area contributed by atoms with Crippen LogP contribution < -0.4 is 10.5 Å². The monoisotopic (exact) mass is 625 g/mol. The minimum atomic E-state index is -2.18. The van der Waals surface area contributed by atoms with E-state index in [1.54, 1.807) is 20.8 Å². The van der Waals surface area contributed by atoms with Crippen LogP contribution in [0.5, 0.6) is 5.75 Å². The zero-order valence-electron chi connectivity index (χ0n) is 25.8. The molecule has 1 unspecified atom stereocenters. The van der Waals surface area contributed by atoms with Crippen molar-refractivity contribution in [3.63, 3.8) is 0 Å². The smallest absolute Gasteiger partial charge is 0.331 e. The summed E-state index contributed by atoms with van der Waals surface area (Å²) in [5.41, 5.74) is 4.44. The molecule has 0 amide bonds. The summed E-state index contributed by atoms with van der Waals surface area (Å²) >= 11 is 0. The Labute approximate surface area is 257 Å². The molecule has 0 bridgehead atoms. The number of carbonyl (C=O) groups excluding carboxylic acids is 5. The van der Waals surface area contributed by atoms with Gasteiger partial charge in [0.25, 0.3) is 0 Å². The van der Waals surface area contributed by atoms with Gasteiger partial charge in [-0.1, -0.05) is 39.8 Å². The van der Waals surface area contributed by atoms with Gasteiger partial charge in [-0.15, -0.1) is 0 Å². The largest absolute Gasteiger partial charge is 0.456 e. The minimum Gasteiger partial charge on any atom is -0.456 e. The standard InChI is InChI=1S/C31H44FNO11/c1-5-9-23(34)40-21-15-13-20(14-16-21)17-31(33,19-32)30(38)44-29-28(43-26(37)12-8-4)27(42-25(36)11-7-3)22(18-39-29)41-24(35)10-6-2/h13-16,22,27-29H,5-12,17-19,33H2,1-4H3/t22?,27-,28+,29-,31-/m0/s1. The van der Waals surface area contributed by atoms with Gasteiger partial charge in [0.1, 0.15) is 18.0 Å². The molecular weight excluding hydrogens is 581 g/mol. The summed E-state index contributed by atoms with van der Waals surface area (Å²) in [5, 5.41) is 0. The SMILES string of the molecule is CCCC(=O)Oc1ccc(C[C@](N)(CF)C(=O)O[C@@H]2OCC(OC(=O)CCC)[C@H](OC(=O)CCC)[C@H]2OC(=O)CCC)cc1. The van der Waals surface area contributed by atoms with Gasteiger partial charge in [-0.3, -0.25) is 19.2 Å². The van der Waals surface area contributed by atoms with Crippen LogP contribution in [0.4, 0.5) is 4.39 Å². The summed E-state index contributed by atoms with van der Waals surface area (Å²) < 4.78 is 47.3. The van der Waals surface area contributed by atoms with Crippen LogP contribution in [0.3, 0.4) is 0 Å². The molecule has 246 valence electrons. The predicted molar refractivity (Wildman–Crippen MR) is 154 cm³/mol. The molecule has 0 aliphatic carbocycles. The van der Waals surface area contributed by atoms with E-state index in [2.05, 4.69) is 0 Å². The van der Waals surface area contributed by atoms with E-state index in [4.69, 9.17) is 34.2 Å². The van der Waals surface area contributed by atoms with Gasteiger partial charge in [0.2, 0.25) is 12.4 Å². The van der Waals surface area contributed by atoms with Gasteiger partial charge in [-0.05, 0) is 43.4 Å². The maximum absolute atomic E-state index is 14.3. The first-order valence-electron chi connectivity index (χ1n) is 15.1. The topological polar surface area (TPSA) is 167 Å². The van der Waals surface area contributed by atoms with Crippen LogP contribution in [0.15, 0.2) is 24.3 Å². The zero-order valence-corrected chi connectivity index (χ0v) is 25.8. The minimum absolute atomic E-state index is 0.0118. The highest BCUT2D eigenvalue weighted by Crippen LogP contribution is 2.28. The summed E-state index contributed by atoms with van der Waals surface area (Å²) in [6.07, 6.45) is -3.68. The van der Waals surface area contributed by atoms with E-state index < -0.39 is 66.7 Å². The van der Waals surface area contributed by atoms with E-state index >= 15 is 0 Å². The van der Waals surface area contributed by atoms with Crippen molar-refractivity contribution < 1.29 is 56.8 Å². The highest BCUT2D eigenvalue weighted by atomic mass is 19.1. The van der Waals surface area contributed by atoms with Crippen LogP contribution in [-0.4, -0.2) is 73.3 Å². The van der Waals surface area contributed by atoms with Crippen molar-refractivity contribution >= 4 is 29.8 Å². The fourth-order valence-corrected chi connectivity index (χ4v) is 4.30. The number of esters is 5. The Balaban J connectivity index is 2.30. The highest BCUT2D eigenvalue weighted by Gasteiger charge is 2.51. The maximum Gasteiger partial charge on any atom is 0.331 e. The van der Waals surface area contributed by atoms with Crippen molar-refractivity contribution in [1.82, 2.24) is 0 Å². The second kappa shape index (κ2) is 18.3. The van der Waals surface area contributed by atoms with Gasteiger partial charge < -0.3 is 34.2 Å². The van der Waals surface area contributed by atoms with Crippen LogP contribution in [-0.2, 0) is 54.1 Å². The lowest BCUT2D eigenvalue weighted by Gasteiger charge is -2.41. The number of nitrogens with two attached hydrogens (primary N) is 1. The third-order valence-corrected chi connectivity index (χ3v) is 6.56. The third-order valence-electron chi connectivity index (χ3n) is 6.56. The quantitative estimate of drug-likeness (QED) is 0.152. The Morgan fingerprint density at radius 1 is 0.773 bits per heavy atom. The van der Waals surface area contributed by atoms with Crippen molar-refractivity contribution in [2.75, 3.05) is 13.3 Å². The number of hydrogen-bond donors (Lipinski definition) is 1. The van der Waals surface area contributed by atoms with Crippen LogP contribution in [0.2, 0.25) is 0 Å². The molecule has 1 aliphatic heterocycles. The van der Waals surface area contributed by atoms with Gasteiger partial charge in [-0.2, -0.15) is 0 Å². The molecule has 0 spiro atoms. The van der Waals surface area contributed by atoms with Crippen molar-refractivity contribution in [2.24, 2.45) is 5.73 Å². The highest BCUT2D eigenvalue weighted by molar-refractivity contribution is 5.81. The number of rotatable bonds is 17. The van der Waals surface area contributed by atoms with E-state index in [0.717, 1.165) is 0 Å². The first-order valence-corrected chi connectivity index (χ1v) is 15.1. The lowest BCUT2D eigenvalue weighted by Crippen LogP contribution is -2.61. The lowest BCUT2D eigenvalue weighted by atomic mass is 9.93. The van der Waals surface area contributed by atoms with Gasteiger partial charge in [-0.25, -0.2) is 9.18 Å². The molecule has 12 nitrogen and oxygen atoms in total. The van der Waals surface area contributed by atoms with E-state index in [1.807, 2.05) is 6.92 Å². The van der Waals surface area contributed by atoms with Crippen LogP contribution in [0.25, 0.3) is 0 Å². The molecule has 5 atom stereocenters. The molecule has 2 rings (SSSR count). The fraction of sp³-hybridized carbons (Fsp3) is 0.645. The zero-order chi connectivity index (χ0) is 32.7. The Kier molecular flexibility index (Phi) is 15.2. The molecule has 1 aliphatic rings. The fourth-order valence-electron chi connectivity index (χ4n) is 4.30. The van der Waals surface area contributed by atoms with Crippen LogP contribution in [0, 0.1) is 0 Å². The predicted octanol–water partition coefficient (Wildman–Crippen LogP) is 3.64. The lowest BCUT2D eigenvalue weighted by molar-refractivity contribution is -0.277. The summed E-state index contributed by atoms with van der Waals surface area (Å²) in [4.78, 5) is 62.5. The molecule has 0 radical (unpaired) electrons. The molecule has 2 N–H and O–H groups in total. The molecular formula is C31H44FNO11. The van der Waals surface area contributed by atoms with E-state index in [-0.39, 0.29) is 44.5 Å². The molecule has 1 fully saturated rings. The van der Waals surface area contributed by atoms with Gasteiger partial charge >= 0.3 is 29.8 Å². The number of benzene rings is 1. The molecule has 0 aromatic heterocycles. The Bertz CT molecular complexity index is 1110. The van der Waals surface area contributed by atoms with Crippen molar-refractivity contribution in [1.29, 1.82) is 0 Å². The number of ether oxygens (including phenoxy) is 6. The summed E-state index contributed by atoms with van der Waals surface area (Å²) in [6.45, 7) is 5.44. The average molecular weight is 626 g/mol. The first kappa shape index (κ1) is 36.6. The van der Waals surface area contributed by atoms with E-state index in [0.29, 0.717) is 31.2 Å². The van der Waals surface area contributed by atoms with Gasteiger partial charge in [0.15, 0.2) is 12.2 Å². The molecule has 1 heterocycles. The third kappa shape index (κ3) is 11.2. The van der Waals surface area contributed by atoms with Crippen LogP contribution >= 0.6 is 0 Å². The molecule has 0 saturated carbocycles. The second-order valence-corrected chi connectivity index (χ2v) is 10.6. The van der Waals surface area contributed by atoms with E-state index in [9.17, 15) is 28.4 Å². The Morgan fingerprint density at radius 3 is 1.80 bits per heavy atom. The van der Waals surface area contributed by atoms with Crippen molar-refractivity contribution in [3.05, 3.63) is 29.8 Å². The van der Waals surface area contributed by atoms with Crippen molar-refractivity contribution in [3.8, 4) is 5.75 Å². The Morgan fingerprint density at radius 2 is 1.27 bits per heavy atom. The summed E-state index contributed by atoms with van der Waals surface area (Å²) in [6, 6.07) is 6.05. The number of carbonyl (C=O) groups is 5. The molecule has 1 saturated heterocycles. The first-order chi connectivity index (χ1) is 21.0. The average Bonchev–Trinajstić information content (AvgIpc) is 2.97. The second-order valence-electron chi connectivity index (χ2n) is 10.6. The molecule has 13 heteroatoms. The van der Waals surface area contributed by atoms with Crippen LogP contribution in [0.1, 0.15) is 84.6 Å². The molecule has 1 aromatic carbocycles. The summed E-state index contributed by atoms with van der Waals surface area (Å²) in [5.74, 6) is -3.27. The molecule has 44 heavy (non-hydrogen) atoms. The number of alkyl halides is 1. The Hall–Kier alpha value is -3.58. The maximum atomic E-state index is 14.3. The van der Waals surface area contributed by atoms with Gasteiger partial charge in [0, 0.05) is 32.1 Å². The number of hydrogen-bond acceptors (Lipinski definition) is 12. The number of halogens is 1.